The highest BCUT2D eigenvalue weighted by molar-refractivity contribution is 6.30. The summed E-state index contributed by atoms with van der Waals surface area (Å²) < 4.78 is 0. The third kappa shape index (κ3) is 7.49. The van der Waals surface area contributed by atoms with Gasteiger partial charge in [-0.15, -0.1) is 0 Å². The minimum absolute atomic E-state index is 0.227. The van der Waals surface area contributed by atoms with Gasteiger partial charge in [0.05, 0.1) is 0 Å². The molecule has 4 heteroatoms. The summed E-state index contributed by atoms with van der Waals surface area (Å²) in [7, 11) is 4.05. The molecule has 0 radical (unpaired) electrons. The summed E-state index contributed by atoms with van der Waals surface area (Å²) >= 11 is 6.03. The number of carbonyl (C=O) groups excluding carboxylic acids is 1. The quantitative estimate of drug-likeness (QED) is 0.731. The first kappa shape index (κ1) is 18.0. The summed E-state index contributed by atoms with van der Waals surface area (Å²) in [6.07, 6.45) is 1.55. The summed E-state index contributed by atoms with van der Waals surface area (Å²) in [6, 6.07) is 7.74. The molecule has 0 fully saturated rings. The van der Waals surface area contributed by atoms with E-state index in [0.717, 1.165) is 30.1 Å². The van der Waals surface area contributed by atoms with E-state index < -0.39 is 0 Å². The number of halogens is 1. The van der Waals surface area contributed by atoms with Gasteiger partial charge in [0.25, 0.3) is 0 Å². The van der Waals surface area contributed by atoms with Crippen molar-refractivity contribution in [2.45, 2.75) is 33.2 Å². The Kier molecular flexibility index (Phi) is 7.76. The second kappa shape index (κ2) is 9.06. The Morgan fingerprint density at radius 3 is 2.52 bits per heavy atom. The number of benzene rings is 1. The zero-order chi connectivity index (χ0) is 15.8. The smallest absolute Gasteiger partial charge is 0.222 e. The molecule has 0 aliphatic carbocycles. The van der Waals surface area contributed by atoms with E-state index in [1.54, 1.807) is 0 Å². The number of nitrogens with zero attached hydrogens (tertiary/aromatic N) is 2. The predicted molar refractivity (Wildman–Crippen MR) is 89.5 cm³/mol. The number of hydrogen-bond acceptors (Lipinski definition) is 2. The molecule has 0 saturated carbocycles. The van der Waals surface area contributed by atoms with Crippen molar-refractivity contribution < 1.29 is 4.79 Å². The molecule has 0 aliphatic rings. The van der Waals surface area contributed by atoms with Crippen LogP contribution in [0.4, 0.5) is 0 Å². The van der Waals surface area contributed by atoms with Crippen LogP contribution in [0.3, 0.4) is 0 Å². The normalized spacial score (nSPS) is 11.2. The third-order valence-electron chi connectivity index (χ3n) is 3.37. The van der Waals surface area contributed by atoms with E-state index >= 15 is 0 Å². The van der Waals surface area contributed by atoms with Crippen LogP contribution in [0, 0.1) is 5.92 Å². The highest BCUT2D eigenvalue weighted by atomic mass is 35.5. The topological polar surface area (TPSA) is 23.6 Å². The lowest BCUT2D eigenvalue weighted by atomic mass is 10.1. The summed E-state index contributed by atoms with van der Waals surface area (Å²) in [5, 5.41) is 0.717. The van der Waals surface area contributed by atoms with Gasteiger partial charge < -0.3 is 9.80 Å². The lowest BCUT2D eigenvalue weighted by Gasteiger charge is -2.25. The number of amides is 1. The van der Waals surface area contributed by atoms with E-state index in [4.69, 9.17) is 11.6 Å². The molecule has 0 aliphatic heterocycles. The van der Waals surface area contributed by atoms with Gasteiger partial charge in [0.2, 0.25) is 5.91 Å². The molecule has 0 bridgehead atoms. The Morgan fingerprint density at radius 2 is 1.95 bits per heavy atom. The Balaban J connectivity index is 2.69. The largest absolute Gasteiger partial charge is 0.337 e. The molecule has 0 atom stereocenters. The van der Waals surface area contributed by atoms with Gasteiger partial charge in [-0.05, 0) is 44.1 Å². The molecule has 1 rings (SSSR count). The molecule has 3 nitrogen and oxygen atoms in total. The van der Waals surface area contributed by atoms with Crippen LogP contribution in [0.25, 0.3) is 0 Å². The molecule has 1 aromatic carbocycles. The van der Waals surface area contributed by atoms with E-state index in [9.17, 15) is 4.79 Å². The SMILES string of the molecule is CC(C)CCC(=O)N(CCN(C)C)Cc1cccc(Cl)c1. The maximum Gasteiger partial charge on any atom is 0.222 e. The van der Waals surface area contributed by atoms with Crippen LogP contribution in [0.15, 0.2) is 24.3 Å². The van der Waals surface area contributed by atoms with Gasteiger partial charge in [-0.25, -0.2) is 0 Å². The fourth-order valence-electron chi connectivity index (χ4n) is 2.04. The lowest BCUT2D eigenvalue weighted by molar-refractivity contribution is -0.132. The fourth-order valence-corrected chi connectivity index (χ4v) is 2.25. The van der Waals surface area contributed by atoms with E-state index in [0.29, 0.717) is 18.9 Å². The van der Waals surface area contributed by atoms with Crippen molar-refractivity contribution in [3.05, 3.63) is 34.9 Å². The third-order valence-corrected chi connectivity index (χ3v) is 3.60. The molecule has 0 heterocycles. The molecular weight excluding hydrogens is 284 g/mol. The molecule has 1 aromatic rings. The standard InChI is InChI=1S/C17H27ClN2O/c1-14(2)8-9-17(21)20(11-10-19(3)4)13-15-6-5-7-16(18)12-15/h5-7,12,14H,8-11,13H2,1-4H3. The number of carbonyl (C=O) groups is 1. The number of hydrogen-bond donors (Lipinski definition) is 0. The van der Waals surface area contributed by atoms with Crippen LogP contribution < -0.4 is 0 Å². The Labute approximate surface area is 133 Å². The number of rotatable bonds is 8. The average molecular weight is 311 g/mol. The minimum atomic E-state index is 0.227. The summed E-state index contributed by atoms with van der Waals surface area (Å²) in [5.74, 6) is 0.779. The monoisotopic (exact) mass is 310 g/mol. The van der Waals surface area contributed by atoms with Crippen LogP contribution >= 0.6 is 11.6 Å². The van der Waals surface area contributed by atoms with Crippen LogP contribution in [-0.2, 0) is 11.3 Å². The van der Waals surface area contributed by atoms with E-state index in [1.807, 2.05) is 43.3 Å². The summed E-state index contributed by atoms with van der Waals surface area (Å²) in [4.78, 5) is 16.5. The van der Waals surface area contributed by atoms with Gasteiger partial charge >= 0.3 is 0 Å². The highest BCUT2D eigenvalue weighted by Crippen LogP contribution is 2.14. The lowest BCUT2D eigenvalue weighted by Crippen LogP contribution is -2.36. The van der Waals surface area contributed by atoms with Crippen molar-refractivity contribution in [3.8, 4) is 0 Å². The van der Waals surface area contributed by atoms with Gasteiger partial charge in [0, 0.05) is 31.1 Å². The van der Waals surface area contributed by atoms with Gasteiger partial charge in [-0.1, -0.05) is 37.6 Å². The average Bonchev–Trinajstić information content (AvgIpc) is 2.40. The van der Waals surface area contributed by atoms with Crippen molar-refractivity contribution in [1.82, 2.24) is 9.80 Å². The Bertz CT molecular complexity index is 446. The van der Waals surface area contributed by atoms with Crippen molar-refractivity contribution in [1.29, 1.82) is 0 Å². The van der Waals surface area contributed by atoms with Gasteiger partial charge in [0.15, 0.2) is 0 Å². The molecule has 21 heavy (non-hydrogen) atoms. The molecule has 1 amide bonds. The van der Waals surface area contributed by atoms with E-state index in [1.165, 1.54) is 0 Å². The highest BCUT2D eigenvalue weighted by Gasteiger charge is 2.14. The molecule has 0 unspecified atom stereocenters. The second-order valence-electron chi connectivity index (χ2n) is 6.18. The molecular formula is C17H27ClN2O. The van der Waals surface area contributed by atoms with Gasteiger partial charge in [-0.3, -0.25) is 4.79 Å². The first-order valence-electron chi connectivity index (χ1n) is 7.55. The molecule has 0 spiro atoms. The molecule has 0 aromatic heterocycles. The van der Waals surface area contributed by atoms with Gasteiger partial charge in [0.1, 0.15) is 0 Å². The first-order valence-corrected chi connectivity index (χ1v) is 7.93. The van der Waals surface area contributed by atoms with Crippen molar-refractivity contribution in [2.75, 3.05) is 27.2 Å². The number of likely N-dealkylation sites (N-methyl/N-ethyl adjacent to an activating group) is 1. The van der Waals surface area contributed by atoms with E-state index in [2.05, 4.69) is 18.7 Å². The Morgan fingerprint density at radius 1 is 1.24 bits per heavy atom. The zero-order valence-corrected chi connectivity index (χ0v) is 14.4. The van der Waals surface area contributed by atoms with Crippen LogP contribution in [-0.4, -0.2) is 42.9 Å². The maximum atomic E-state index is 12.4. The molecule has 0 N–H and O–H groups in total. The Hall–Kier alpha value is -1.06. The second-order valence-corrected chi connectivity index (χ2v) is 6.62. The zero-order valence-electron chi connectivity index (χ0n) is 13.6. The maximum absolute atomic E-state index is 12.4. The van der Waals surface area contributed by atoms with Gasteiger partial charge in [-0.2, -0.15) is 0 Å². The van der Waals surface area contributed by atoms with Crippen LogP contribution in [0.2, 0.25) is 5.02 Å². The van der Waals surface area contributed by atoms with Crippen molar-refractivity contribution >= 4 is 17.5 Å². The fraction of sp³-hybridized carbons (Fsp3) is 0.588. The molecule has 118 valence electrons. The van der Waals surface area contributed by atoms with Crippen LogP contribution in [0.5, 0.6) is 0 Å². The van der Waals surface area contributed by atoms with Crippen molar-refractivity contribution in [3.63, 3.8) is 0 Å². The summed E-state index contributed by atoms with van der Waals surface area (Å²) in [6.45, 7) is 6.54. The molecule has 0 saturated heterocycles. The van der Waals surface area contributed by atoms with E-state index in [-0.39, 0.29) is 5.91 Å². The van der Waals surface area contributed by atoms with Crippen LogP contribution in [0.1, 0.15) is 32.3 Å². The minimum Gasteiger partial charge on any atom is -0.337 e. The first-order chi connectivity index (χ1) is 9.88. The summed E-state index contributed by atoms with van der Waals surface area (Å²) in [5.41, 5.74) is 1.08. The van der Waals surface area contributed by atoms with Crippen molar-refractivity contribution in [2.24, 2.45) is 5.92 Å². The predicted octanol–water partition coefficient (Wildman–Crippen LogP) is 3.67.